The number of halogens is 2. The van der Waals surface area contributed by atoms with Gasteiger partial charge in [-0.3, -0.25) is 9.48 Å². The lowest BCUT2D eigenvalue weighted by atomic mass is 10.3. The van der Waals surface area contributed by atoms with Crippen LogP contribution >= 0.6 is 0 Å². The largest absolute Gasteiger partial charge is 0.483 e. The molecule has 6 nitrogen and oxygen atoms in total. The summed E-state index contributed by atoms with van der Waals surface area (Å²) in [6, 6.07) is 6.04. The normalized spacial score (nSPS) is 10.7. The molecule has 0 unspecified atom stereocenters. The van der Waals surface area contributed by atoms with Crippen molar-refractivity contribution in [2.75, 3.05) is 5.32 Å². The fourth-order valence-electron chi connectivity index (χ4n) is 2.12. The Morgan fingerprint density at radius 3 is 2.80 bits per heavy atom. The minimum Gasteiger partial charge on any atom is -0.483 e. The van der Waals surface area contributed by atoms with Gasteiger partial charge in [0.05, 0.1) is 17.6 Å². The van der Waals surface area contributed by atoms with Crippen molar-refractivity contribution in [3.63, 3.8) is 0 Å². The number of carbonyl (C=O) groups excluding carboxylic acids is 1. The third-order valence-electron chi connectivity index (χ3n) is 3.63. The first-order valence-corrected chi connectivity index (χ1v) is 7.40. The molecule has 0 radical (unpaired) electrons. The quantitative estimate of drug-likeness (QED) is 0.768. The Morgan fingerprint density at radius 1 is 1.32 bits per heavy atom. The topological polar surface area (TPSA) is 69.3 Å². The Hall–Kier alpha value is -3.16. The predicted octanol–water partition coefficient (Wildman–Crippen LogP) is 3.43. The van der Waals surface area contributed by atoms with Crippen molar-refractivity contribution in [3.8, 4) is 5.75 Å². The summed E-state index contributed by atoms with van der Waals surface area (Å²) in [6.07, 6.45) is 1.54. The van der Waals surface area contributed by atoms with E-state index in [9.17, 15) is 13.6 Å². The molecular formula is C17H15F2N3O3. The van der Waals surface area contributed by atoms with Gasteiger partial charge in [-0.1, -0.05) is 0 Å². The molecule has 1 aromatic carbocycles. The number of furan rings is 1. The SMILES string of the molecule is Cc1c(NC(=O)c2ccc(COc3ccc(F)cc3F)o2)cnn1C. The molecule has 3 aromatic rings. The number of aryl methyl sites for hydroxylation is 1. The van der Waals surface area contributed by atoms with Crippen LogP contribution in [0, 0.1) is 18.6 Å². The average molecular weight is 347 g/mol. The monoisotopic (exact) mass is 347 g/mol. The van der Waals surface area contributed by atoms with E-state index in [0.29, 0.717) is 11.4 Å². The first kappa shape index (κ1) is 16.7. The van der Waals surface area contributed by atoms with Gasteiger partial charge in [0.1, 0.15) is 18.2 Å². The number of anilines is 1. The number of carbonyl (C=O) groups is 1. The van der Waals surface area contributed by atoms with Crippen LogP contribution < -0.4 is 10.1 Å². The van der Waals surface area contributed by atoms with Crippen molar-refractivity contribution in [1.29, 1.82) is 0 Å². The van der Waals surface area contributed by atoms with E-state index in [-0.39, 0.29) is 18.1 Å². The van der Waals surface area contributed by atoms with Crippen molar-refractivity contribution in [3.05, 3.63) is 65.4 Å². The standard InChI is InChI=1S/C17H15F2N3O3/c1-10-14(8-20-22(10)2)21-17(23)16-6-4-12(25-16)9-24-15-5-3-11(18)7-13(15)19/h3-8H,9H2,1-2H3,(H,21,23). The molecule has 0 spiro atoms. The summed E-state index contributed by atoms with van der Waals surface area (Å²) >= 11 is 0. The summed E-state index contributed by atoms with van der Waals surface area (Å²) in [4.78, 5) is 12.2. The average Bonchev–Trinajstić information content (AvgIpc) is 3.16. The molecule has 2 aromatic heterocycles. The Morgan fingerprint density at radius 2 is 2.12 bits per heavy atom. The second-order valence-electron chi connectivity index (χ2n) is 5.35. The van der Waals surface area contributed by atoms with E-state index in [2.05, 4.69) is 10.4 Å². The molecule has 130 valence electrons. The van der Waals surface area contributed by atoms with E-state index in [1.165, 1.54) is 18.3 Å². The van der Waals surface area contributed by atoms with E-state index >= 15 is 0 Å². The van der Waals surface area contributed by atoms with Gasteiger partial charge in [-0.25, -0.2) is 8.78 Å². The van der Waals surface area contributed by atoms with Crippen LogP contribution in [0.25, 0.3) is 0 Å². The van der Waals surface area contributed by atoms with E-state index in [0.717, 1.165) is 17.8 Å². The fourth-order valence-corrected chi connectivity index (χ4v) is 2.12. The maximum atomic E-state index is 13.5. The lowest BCUT2D eigenvalue weighted by molar-refractivity contribution is 0.0992. The Bertz CT molecular complexity index is 918. The molecule has 0 saturated heterocycles. The highest BCUT2D eigenvalue weighted by Crippen LogP contribution is 2.20. The zero-order valence-electron chi connectivity index (χ0n) is 13.5. The van der Waals surface area contributed by atoms with Crippen LogP contribution in [0.15, 0.2) is 40.9 Å². The zero-order chi connectivity index (χ0) is 18.0. The van der Waals surface area contributed by atoms with Crippen LogP contribution in [0.5, 0.6) is 5.75 Å². The third kappa shape index (κ3) is 3.68. The summed E-state index contributed by atoms with van der Waals surface area (Å²) in [6.45, 7) is 1.73. The van der Waals surface area contributed by atoms with E-state index in [1.807, 2.05) is 6.92 Å². The highest BCUT2D eigenvalue weighted by molar-refractivity contribution is 6.02. The van der Waals surface area contributed by atoms with Gasteiger partial charge >= 0.3 is 0 Å². The van der Waals surface area contributed by atoms with Gasteiger partial charge in [-0.05, 0) is 31.2 Å². The van der Waals surface area contributed by atoms with Gasteiger partial charge in [0.2, 0.25) is 0 Å². The van der Waals surface area contributed by atoms with Gasteiger partial charge < -0.3 is 14.5 Å². The van der Waals surface area contributed by atoms with Gasteiger partial charge in [0, 0.05) is 13.1 Å². The molecule has 8 heteroatoms. The van der Waals surface area contributed by atoms with E-state index < -0.39 is 17.5 Å². The summed E-state index contributed by atoms with van der Waals surface area (Å²) in [7, 11) is 1.77. The number of aromatic nitrogens is 2. The number of amides is 1. The molecule has 0 atom stereocenters. The second kappa shape index (κ2) is 6.76. The van der Waals surface area contributed by atoms with Crippen molar-refractivity contribution in [2.45, 2.75) is 13.5 Å². The number of benzene rings is 1. The summed E-state index contributed by atoms with van der Waals surface area (Å²) in [5.41, 5.74) is 1.38. The Kier molecular flexibility index (Phi) is 4.51. The minimum atomic E-state index is -0.809. The molecule has 0 aliphatic carbocycles. The van der Waals surface area contributed by atoms with Crippen molar-refractivity contribution in [2.24, 2.45) is 7.05 Å². The highest BCUT2D eigenvalue weighted by atomic mass is 19.1. The maximum absolute atomic E-state index is 13.5. The number of rotatable bonds is 5. The Labute approximate surface area is 142 Å². The first-order valence-electron chi connectivity index (χ1n) is 7.40. The highest BCUT2D eigenvalue weighted by Gasteiger charge is 2.15. The lowest BCUT2D eigenvalue weighted by Crippen LogP contribution is -2.11. The van der Waals surface area contributed by atoms with Gasteiger partial charge in [-0.15, -0.1) is 0 Å². The van der Waals surface area contributed by atoms with Crippen molar-refractivity contribution < 1.29 is 22.7 Å². The van der Waals surface area contributed by atoms with Crippen LogP contribution in [-0.2, 0) is 13.7 Å². The zero-order valence-corrected chi connectivity index (χ0v) is 13.5. The molecule has 0 fully saturated rings. The first-order chi connectivity index (χ1) is 11.9. The van der Waals surface area contributed by atoms with Gasteiger partial charge in [0.25, 0.3) is 5.91 Å². The molecule has 0 aliphatic heterocycles. The maximum Gasteiger partial charge on any atom is 0.291 e. The number of nitrogens with zero attached hydrogens (tertiary/aromatic N) is 2. The molecular weight excluding hydrogens is 332 g/mol. The summed E-state index contributed by atoms with van der Waals surface area (Å²) in [5.74, 6) is -1.62. The summed E-state index contributed by atoms with van der Waals surface area (Å²) < 4.78 is 38.6. The molecule has 3 rings (SSSR count). The smallest absolute Gasteiger partial charge is 0.291 e. The minimum absolute atomic E-state index is 0.0847. The molecule has 25 heavy (non-hydrogen) atoms. The molecule has 1 amide bonds. The van der Waals surface area contributed by atoms with Crippen LogP contribution in [0.1, 0.15) is 22.0 Å². The second-order valence-corrected chi connectivity index (χ2v) is 5.35. The van der Waals surface area contributed by atoms with Crippen LogP contribution in [-0.4, -0.2) is 15.7 Å². The number of hydrogen-bond donors (Lipinski definition) is 1. The van der Waals surface area contributed by atoms with Crippen molar-refractivity contribution in [1.82, 2.24) is 9.78 Å². The van der Waals surface area contributed by atoms with Gasteiger partial charge in [0.15, 0.2) is 17.3 Å². The van der Waals surface area contributed by atoms with E-state index in [4.69, 9.17) is 9.15 Å². The predicted molar refractivity (Wildman–Crippen MR) is 85.3 cm³/mol. The number of ether oxygens (including phenoxy) is 1. The Balaban J connectivity index is 1.63. The van der Waals surface area contributed by atoms with Crippen LogP contribution in [0.4, 0.5) is 14.5 Å². The molecule has 0 aliphatic rings. The molecule has 1 N–H and O–H groups in total. The fraction of sp³-hybridized carbons (Fsp3) is 0.176. The lowest BCUT2D eigenvalue weighted by Gasteiger charge is -2.05. The van der Waals surface area contributed by atoms with E-state index in [1.54, 1.807) is 17.8 Å². The molecule has 0 saturated carbocycles. The summed E-state index contributed by atoms with van der Waals surface area (Å²) in [5, 5.41) is 6.73. The third-order valence-corrected chi connectivity index (χ3v) is 3.63. The molecule has 0 bridgehead atoms. The van der Waals surface area contributed by atoms with Gasteiger partial charge in [-0.2, -0.15) is 5.10 Å². The molecule has 2 heterocycles. The van der Waals surface area contributed by atoms with Crippen LogP contribution in [0.3, 0.4) is 0 Å². The van der Waals surface area contributed by atoms with Crippen LogP contribution in [0.2, 0.25) is 0 Å². The van der Waals surface area contributed by atoms with Crippen molar-refractivity contribution >= 4 is 11.6 Å². The number of nitrogens with one attached hydrogen (secondary N) is 1. The number of hydrogen-bond acceptors (Lipinski definition) is 4.